The number of carbonyl (C=O) groups is 2. The highest BCUT2D eigenvalue weighted by Gasteiger charge is 2.26. The Morgan fingerprint density at radius 2 is 1.69 bits per heavy atom. The van der Waals surface area contributed by atoms with Gasteiger partial charge in [0.25, 0.3) is 11.8 Å². The maximum Gasteiger partial charge on any atom is 0.253 e. The van der Waals surface area contributed by atoms with Crippen LogP contribution in [0.25, 0.3) is 11.6 Å². The van der Waals surface area contributed by atoms with Gasteiger partial charge < -0.3 is 0 Å². The second-order valence-electron chi connectivity index (χ2n) is 3.85. The van der Waals surface area contributed by atoms with E-state index in [0.717, 1.165) is 11.1 Å². The van der Waals surface area contributed by atoms with E-state index in [9.17, 15) is 9.59 Å². The summed E-state index contributed by atoms with van der Waals surface area (Å²) in [5.41, 5.74) is 3.35. The number of carbonyl (C=O) groups excluding carboxylic acids is 2. The summed E-state index contributed by atoms with van der Waals surface area (Å²) in [6, 6.07) is 7.95. The summed E-state index contributed by atoms with van der Waals surface area (Å²) in [7, 11) is 0. The van der Waals surface area contributed by atoms with Crippen molar-refractivity contribution in [3.8, 4) is 0 Å². The third-order valence-electron chi connectivity index (χ3n) is 2.87. The van der Waals surface area contributed by atoms with Gasteiger partial charge in [-0.15, -0.1) is 0 Å². The lowest BCUT2D eigenvalue weighted by Gasteiger charge is -2.23. The molecule has 0 bridgehead atoms. The van der Waals surface area contributed by atoms with Crippen molar-refractivity contribution >= 4 is 23.5 Å². The molecule has 3 nitrogen and oxygen atoms in total. The third-order valence-corrected chi connectivity index (χ3v) is 2.87. The van der Waals surface area contributed by atoms with Gasteiger partial charge in [-0.05, 0) is 22.8 Å². The Balaban J connectivity index is 1.80. The van der Waals surface area contributed by atoms with Crippen molar-refractivity contribution in [1.29, 1.82) is 0 Å². The van der Waals surface area contributed by atoms with Crippen LogP contribution >= 0.6 is 0 Å². The average Bonchev–Trinajstić information content (AvgIpc) is 2.56. The lowest BCUT2D eigenvalue weighted by molar-refractivity contribution is -0.135. The van der Waals surface area contributed by atoms with Crippen LogP contribution in [0.1, 0.15) is 11.1 Å². The molecule has 0 aromatic heterocycles. The fraction of sp³-hybridized carbons (Fsp3) is 0.0769. The van der Waals surface area contributed by atoms with Gasteiger partial charge >= 0.3 is 0 Å². The van der Waals surface area contributed by atoms with Crippen molar-refractivity contribution < 1.29 is 9.59 Å². The Morgan fingerprint density at radius 3 is 2.38 bits per heavy atom. The Hall–Kier alpha value is -2.16. The number of nitrogens with zero attached hydrogens (tertiary/aromatic N) is 1. The Labute approximate surface area is 92.7 Å². The molecule has 1 heterocycles. The second kappa shape index (κ2) is 3.17. The molecule has 2 aliphatic rings. The van der Waals surface area contributed by atoms with Crippen LogP contribution in [-0.2, 0) is 9.59 Å². The second-order valence-corrected chi connectivity index (χ2v) is 3.85. The van der Waals surface area contributed by atoms with E-state index in [-0.39, 0.29) is 11.8 Å². The third kappa shape index (κ3) is 1.21. The molecule has 0 N–H and O–H groups in total. The summed E-state index contributed by atoms with van der Waals surface area (Å²) in [5.74, 6) is -0.453. The molecule has 3 rings (SSSR count). The first-order chi connectivity index (χ1) is 7.75. The highest BCUT2D eigenvalue weighted by molar-refractivity contribution is 6.14. The van der Waals surface area contributed by atoms with E-state index in [4.69, 9.17) is 0 Å². The van der Waals surface area contributed by atoms with Crippen LogP contribution < -0.4 is 0 Å². The number of imide groups is 1. The summed E-state index contributed by atoms with van der Waals surface area (Å²) in [5, 5.41) is 0. The average molecular weight is 211 g/mol. The van der Waals surface area contributed by atoms with Gasteiger partial charge in [-0.1, -0.05) is 24.3 Å². The number of hydrogen-bond acceptors (Lipinski definition) is 2. The molecular formula is C13H9NO2. The summed E-state index contributed by atoms with van der Waals surface area (Å²) in [4.78, 5) is 24.0. The van der Waals surface area contributed by atoms with Gasteiger partial charge in [0.2, 0.25) is 0 Å². The molecule has 0 radical (unpaired) electrons. The van der Waals surface area contributed by atoms with Crippen molar-refractivity contribution in [2.75, 3.05) is 6.54 Å². The largest absolute Gasteiger partial charge is 0.271 e. The molecule has 0 saturated carbocycles. The van der Waals surface area contributed by atoms with E-state index in [1.807, 2.05) is 30.3 Å². The van der Waals surface area contributed by atoms with E-state index in [1.54, 1.807) is 0 Å². The van der Waals surface area contributed by atoms with Crippen LogP contribution in [0.2, 0.25) is 0 Å². The molecule has 0 spiro atoms. The van der Waals surface area contributed by atoms with Gasteiger partial charge in [-0.3, -0.25) is 14.5 Å². The highest BCUT2D eigenvalue weighted by Crippen LogP contribution is 2.32. The number of fused-ring (bicyclic) bond motifs is 1. The van der Waals surface area contributed by atoms with Crippen LogP contribution in [0.15, 0.2) is 36.4 Å². The molecule has 1 aromatic rings. The van der Waals surface area contributed by atoms with Gasteiger partial charge in [-0.2, -0.15) is 0 Å². The van der Waals surface area contributed by atoms with Crippen LogP contribution in [0.5, 0.6) is 0 Å². The summed E-state index contributed by atoms with van der Waals surface area (Å²) in [6.07, 6.45) is 4.63. The molecule has 0 atom stereocenters. The zero-order chi connectivity index (χ0) is 11.1. The minimum Gasteiger partial charge on any atom is -0.271 e. The quantitative estimate of drug-likeness (QED) is 0.694. The molecule has 0 unspecified atom stereocenters. The van der Waals surface area contributed by atoms with Crippen molar-refractivity contribution in [3.05, 3.63) is 47.5 Å². The number of rotatable bonds is 2. The van der Waals surface area contributed by atoms with E-state index >= 15 is 0 Å². The summed E-state index contributed by atoms with van der Waals surface area (Å²) in [6.45, 7) is 0.377. The molecule has 2 amide bonds. The smallest absolute Gasteiger partial charge is 0.253 e. The van der Waals surface area contributed by atoms with E-state index in [2.05, 4.69) is 0 Å². The predicted molar refractivity (Wildman–Crippen MR) is 60.2 cm³/mol. The minimum absolute atomic E-state index is 0.227. The first-order valence-corrected chi connectivity index (χ1v) is 5.09. The Bertz CT molecular complexity index is 537. The Kier molecular flexibility index (Phi) is 1.80. The summed E-state index contributed by atoms with van der Waals surface area (Å²) >= 11 is 0. The Morgan fingerprint density at radius 1 is 1.00 bits per heavy atom. The zero-order valence-electron chi connectivity index (χ0n) is 8.51. The predicted octanol–water partition coefficient (Wildman–Crippen LogP) is 1.47. The maximum absolute atomic E-state index is 11.4. The molecule has 1 aliphatic heterocycles. The SMILES string of the molecule is O=C1C=CC(=O)N1CC1=Cc2ccccc21. The minimum atomic E-state index is -0.227. The zero-order valence-corrected chi connectivity index (χ0v) is 8.51. The van der Waals surface area contributed by atoms with Gasteiger partial charge in [0.05, 0.1) is 6.54 Å². The van der Waals surface area contributed by atoms with E-state index < -0.39 is 0 Å². The van der Waals surface area contributed by atoms with Crippen LogP contribution in [0.4, 0.5) is 0 Å². The normalized spacial score (nSPS) is 17.2. The van der Waals surface area contributed by atoms with Crippen molar-refractivity contribution in [3.63, 3.8) is 0 Å². The van der Waals surface area contributed by atoms with Crippen molar-refractivity contribution in [2.24, 2.45) is 0 Å². The van der Waals surface area contributed by atoms with Crippen LogP contribution in [0, 0.1) is 0 Å². The van der Waals surface area contributed by atoms with Crippen LogP contribution in [-0.4, -0.2) is 23.3 Å². The first kappa shape index (κ1) is 9.09. The van der Waals surface area contributed by atoms with Crippen molar-refractivity contribution in [2.45, 2.75) is 0 Å². The fourth-order valence-electron chi connectivity index (χ4n) is 1.99. The molecule has 78 valence electrons. The maximum atomic E-state index is 11.4. The van der Waals surface area contributed by atoms with E-state index in [1.165, 1.54) is 22.6 Å². The van der Waals surface area contributed by atoms with Gasteiger partial charge in [0.1, 0.15) is 0 Å². The topological polar surface area (TPSA) is 37.4 Å². The lowest BCUT2D eigenvalue weighted by Crippen LogP contribution is -2.32. The first-order valence-electron chi connectivity index (χ1n) is 5.09. The fourth-order valence-corrected chi connectivity index (χ4v) is 1.99. The van der Waals surface area contributed by atoms with Crippen molar-refractivity contribution in [1.82, 2.24) is 4.90 Å². The van der Waals surface area contributed by atoms with E-state index in [0.29, 0.717) is 6.54 Å². The van der Waals surface area contributed by atoms with Gasteiger partial charge in [-0.25, -0.2) is 0 Å². The molecule has 3 heteroatoms. The number of benzene rings is 1. The molecule has 1 aliphatic carbocycles. The molecular weight excluding hydrogens is 202 g/mol. The molecule has 16 heavy (non-hydrogen) atoms. The van der Waals surface area contributed by atoms with Gasteiger partial charge in [0, 0.05) is 12.2 Å². The number of hydrogen-bond donors (Lipinski definition) is 0. The molecule has 1 aromatic carbocycles. The number of amides is 2. The molecule has 0 saturated heterocycles. The monoisotopic (exact) mass is 211 g/mol. The lowest BCUT2D eigenvalue weighted by atomic mass is 9.88. The van der Waals surface area contributed by atoms with Gasteiger partial charge in [0.15, 0.2) is 0 Å². The van der Waals surface area contributed by atoms with Crippen LogP contribution in [0.3, 0.4) is 0 Å². The summed E-state index contributed by atoms with van der Waals surface area (Å²) < 4.78 is 0. The molecule has 0 fully saturated rings. The highest BCUT2D eigenvalue weighted by atomic mass is 16.2. The standard InChI is InChI=1S/C13H9NO2/c15-12-5-6-13(16)14(12)8-10-7-9-3-1-2-4-11(9)10/h1-7H,8H2.